The average molecular weight is 489 g/mol. The first-order valence-corrected chi connectivity index (χ1v) is 11.2. The highest BCUT2D eigenvalue weighted by Crippen LogP contribution is 2.16. The number of quaternary nitrogens is 1. The van der Waals surface area contributed by atoms with E-state index in [1.807, 2.05) is 0 Å². The lowest BCUT2D eigenvalue weighted by Gasteiger charge is -2.39. The summed E-state index contributed by atoms with van der Waals surface area (Å²) in [5, 5.41) is 87.2. The van der Waals surface area contributed by atoms with Gasteiger partial charge in [0.15, 0.2) is 0 Å². The van der Waals surface area contributed by atoms with Crippen molar-refractivity contribution in [2.45, 2.75) is 79.1 Å². The lowest BCUT2D eigenvalue weighted by Crippen LogP contribution is -2.50. The van der Waals surface area contributed by atoms with Crippen LogP contribution in [0.2, 0.25) is 0 Å². The van der Waals surface area contributed by atoms with Crippen LogP contribution in [0, 0.1) is 0 Å². The summed E-state index contributed by atoms with van der Waals surface area (Å²) in [6, 6.07) is 0. The molecule has 0 aromatic carbocycles. The van der Waals surface area contributed by atoms with Crippen LogP contribution in [-0.2, 0) is 0 Å². The Morgan fingerprint density at radius 2 is 0.576 bits per heavy atom. The third-order valence-electron chi connectivity index (χ3n) is 3.94. The average Bonchev–Trinajstić information content (AvgIpc) is 2.65. The fourth-order valence-corrected chi connectivity index (χ4v) is 2.64. The second-order valence-corrected chi connectivity index (χ2v) is 7.02. The minimum atomic E-state index is -2.42. The van der Waals surface area contributed by atoms with Crippen molar-refractivity contribution in [3.8, 4) is 0 Å². The predicted octanol–water partition coefficient (Wildman–Crippen LogP) is -3.84. The molecule has 0 aromatic heterocycles. The first kappa shape index (κ1) is 42.9. The van der Waals surface area contributed by atoms with Crippen LogP contribution >= 0.6 is 0 Å². The number of hydrogen-bond donors (Lipinski definition) is 11. The Morgan fingerprint density at radius 3 is 0.667 bits per heavy atom. The maximum Gasteiger partial charge on any atom is 0.631 e. The predicted molar refractivity (Wildman–Crippen MR) is 127 cm³/mol. The third-order valence-corrected chi connectivity index (χ3v) is 3.94. The molecule has 0 heterocycles. The van der Waals surface area contributed by atoms with Gasteiger partial charge in [0.2, 0.25) is 0 Å². The van der Waals surface area contributed by atoms with E-state index in [0.29, 0.717) is 0 Å². The van der Waals surface area contributed by atoms with Gasteiger partial charge in [-0.1, -0.05) is 53.4 Å². The smallest absolute Gasteiger partial charge is 0.631 e. The fourth-order valence-electron chi connectivity index (χ4n) is 2.64. The van der Waals surface area contributed by atoms with E-state index in [1.165, 1.54) is 82.0 Å². The van der Waals surface area contributed by atoms with Crippen LogP contribution in [0.4, 0.5) is 0 Å². The number of unbranched alkanes of at least 4 members (excludes halogenated alkanes) is 4. The summed E-state index contributed by atoms with van der Waals surface area (Å²) >= 11 is 0. The highest BCUT2D eigenvalue weighted by Gasteiger charge is 2.24. The Kier molecular flexibility index (Phi) is 44.0. The highest BCUT2D eigenvalue weighted by atomic mass is 16.5. The van der Waals surface area contributed by atoms with Gasteiger partial charge >= 0.3 is 29.3 Å². The van der Waals surface area contributed by atoms with E-state index < -0.39 is 29.3 Å². The van der Waals surface area contributed by atoms with E-state index in [0.717, 1.165) is 0 Å². The molecule has 200 valence electrons. The molecule has 0 saturated carbocycles. The van der Waals surface area contributed by atoms with E-state index in [2.05, 4.69) is 27.7 Å². The molecule has 17 heteroatoms. The van der Waals surface area contributed by atoms with Crippen LogP contribution in [-0.4, -0.2) is 115 Å². The largest absolute Gasteiger partial charge is 0.832 e. The van der Waals surface area contributed by atoms with Crippen LogP contribution in [0.5, 0.6) is 0 Å². The molecule has 0 saturated heterocycles. The second-order valence-electron chi connectivity index (χ2n) is 7.02. The lowest BCUT2D eigenvalue weighted by atomic mass is 10.1. The Morgan fingerprint density at radius 1 is 0.455 bits per heavy atom. The lowest BCUT2D eigenvalue weighted by molar-refractivity contribution is -0.929. The maximum absolute atomic E-state index is 8.64. The van der Waals surface area contributed by atoms with Gasteiger partial charge in [-0.15, -0.1) is 0 Å². The number of hydrogen-bond acceptors (Lipinski definition) is 12. The molecular formula is C16H47B4NO12. The number of rotatable bonds is 12. The van der Waals surface area contributed by atoms with Gasteiger partial charge in [-0.25, -0.2) is 0 Å². The molecule has 0 bridgehead atoms. The molecule has 0 amide bonds. The van der Waals surface area contributed by atoms with Gasteiger partial charge in [0, 0.05) is 0 Å². The van der Waals surface area contributed by atoms with Crippen LogP contribution in [0.1, 0.15) is 79.1 Å². The van der Waals surface area contributed by atoms with Crippen molar-refractivity contribution < 1.29 is 64.8 Å². The standard InChI is InChI=1S/C16H36N.3BH3O3.BH2O3/c1-5-9-13-17(14-10-6-2,15-11-7-3)16-12-8-4;4*2-1(3)4/h5-16H2,1-4H3;3*2-4H;2-3H/q+1;;;;-1. The zero-order chi connectivity index (χ0) is 27.3. The van der Waals surface area contributed by atoms with Crippen molar-refractivity contribution in [1.82, 2.24) is 0 Å². The first-order valence-electron chi connectivity index (χ1n) is 11.2. The van der Waals surface area contributed by atoms with Crippen LogP contribution in [0.3, 0.4) is 0 Å². The molecule has 0 spiro atoms. The van der Waals surface area contributed by atoms with E-state index in [9.17, 15) is 0 Å². The molecule has 33 heavy (non-hydrogen) atoms. The van der Waals surface area contributed by atoms with Crippen LogP contribution < -0.4 is 5.02 Å². The molecule has 13 nitrogen and oxygen atoms in total. The minimum absolute atomic E-state index is 1.35. The molecule has 0 unspecified atom stereocenters. The molecule has 11 N–H and O–H groups in total. The van der Waals surface area contributed by atoms with Gasteiger partial charge in [0.25, 0.3) is 0 Å². The van der Waals surface area contributed by atoms with Crippen LogP contribution in [0.15, 0.2) is 0 Å². The van der Waals surface area contributed by atoms with E-state index in [-0.39, 0.29) is 0 Å². The second kappa shape index (κ2) is 33.9. The van der Waals surface area contributed by atoms with Gasteiger partial charge in [-0.05, 0) is 25.7 Å². The van der Waals surface area contributed by atoms with Gasteiger partial charge in [-0.3, -0.25) is 0 Å². The third kappa shape index (κ3) is 72.0. The normalized spacial score (nSPS) is 9.45. The molecule has 0 aliphatic rings. The molecule has 0 atom stereocenters. The summed E-state index contributed by atoms with van der Waals surface area (Å²) in [6.07, 6.45) is 11.1. The van der Waals surface area contributed by atoms with Gasteiger partial charge < -0.3 is 64.8 Å². The summed E-state index contributed by atoms with van der Waals surface area (Å²) in [7, 11) is -8.92. The SMILES string of the molecule is CCCC[N+](CCCC)(CCCC)CCCC.OB(O)O.OB(O)O.OB(O)O.[O-]B(O)O. The van der Waals surface area contributed by atoms with Crippen molar-refractivity contribution in [2.75, 3.05) is 26.2 Å². The van der Waals surface area contributed by atoms with Gasteiger partial charge in [-0.2, -0.15) is 0 Å². The quantitative estimate of drug-likeness (QED) is 0.0933. The van der Waals surface area contributed by atoms with E-state index in [4.69, 9.17) is 60.3 Å². The fraction of sp³-hybridized carbons (Fsp3) is 1.00. The summed E-state index contributed by atoms with van der Waals surface area (Å²) in [4.78, 5) is 0. The molecular weight excluding hydrogens is 441 g/mol. The summed E-state index contributed by atoms with van der Waals surface area (Å²) in [6.45, 7) is 15.0. The van der Waals surface area contributed by atoms with Crippen molar-refractivity contribution in [1.29, 1.82) is 0 Å². The molecule has 0 radical (unpaired) electrons. The Bertz CT molecular complexity index is 263. The number of nitrogens with zero attached hydrogens (tertiary/aromatic N) is 1. The van der Waals surface area contributed by atoms with Crippen molar-refractivity contribution in [3.05, 3.63) is 0 Å². The van der Waals surface area contributed by atoms with E-state index in [1.54, 1.807) is 0 Å². The van der Waals surface area contributed by atoms with Crippen LogP contribution in [0.25, 0.3) is 0 Å². The molecule has 0 aromatic rings. The zero-order valence-electron chi connectivity index (χ0n) is 20.6. The van der Waals surface area contributed by atoms with Crippen molar-refractivity contribution in [3.63, 3.8) is 0 Å². The first-order chi connectivity index (χ1) is 15.2. The van der Waals surface area contributed by atoms with Gasteiger partial charge in [0.05, 0.1) is 26.2 Å². The molecule has 0 fully saturated rings. The Balaban J connectivity index is -0.000000132. The highest BCUT2D eigenvalue weighted by molar-refractivity contribution is 6.31. The van der Waals surface area contributed by atoms with Gasteiger partial charge in [0.1, 0.15) is 0 Å². The topological polar surface area (TPSA) is 246 Å². The Labute approximate surface area is 199 Å². The molecule has 0 aliphatic carbocycles. The summed E-state index contributed by atoms with van der Waals surface area (Å²) in [5.74, 6) is 0. The maximum atomic E-state index is 8.64. The molecule has 0 rings (SSSR count). The minimum Gasteiger partial charge on any atom is -0.832 e. The van der Waals surface area contributed by atoms with Crippen molar-refractivity contribution in [2.24, 2.45) is 0 Å². The monoisotopic (exact) mass is 489 g/mol. The summed E-state index contributed by atoms with van der Waals surface area (Å²) in [5.41, 5.74) is 0. The van der Waals surface area contributed by atoms with E-state index >= 15 is 0 Å². The zero-order valence-corrected chi connectivity index (χ0v) is 20.6. The van der Waals surface area contributed by atoms with Crippen molar-refractivity contribution >= 4 is 29.3 Å². The summed E-state index contributed by atoms with van der Waals surface area (Å²) < 4.78 is 1.42. The molecule has 0 aliphatic heterocycles. The Hall–Kier alpha value is -0.260.